The third-order valence-electron chi connectivity index (χ3n) is 3.59. The molecule has 2 rings (SSSR count). The topological polar surface area (TPSA) is 38.7 Å². The highest BCUT2D eigenvalue weighted by molar-refractivity contribution is 5.17. The summed E-state index contributed by atoms with van der Waals surface area (Å²) in [5.74, 6) is 0. The van der Waals surface area contributed by atoms with Crippen molar-refractivity contribution < 1.29 is 14.6 Å². The number of aliphatic hydroxyl groups is 1. The fourth-order valence-electron chi connectivity index (χ4n) is 2.47. The summed E-state index contributed by atoms with van der Waals surface area (Å²) >= 11 is 0. The van der Waals surface area contributed by atoms with Crippen LogP contribution in [-0.4, -0.2) is 31.0 Å². The highest BCUT2D eigenvalue weighted by Gasteiger charge is 2.23. The summed E-state index contributed by atoms with van der Waals surface area (Å²) in [4.78, 5) is 0. The van der Waals surface area contributed by atoms with E-state index >= 15 is 0 Å². The van der Waals surface area contributed by atoms with Crippen molar-refractivity contribution in [3.8, 4) is 0 Å². The maximum Gasteiger partial charge on any atom is 0.102 e. The Hall–Kier alpha value is -0.900. The van der Waals surface area contributed by atoms with Crippen molar-refractivity contribution in [3.63, 3.8) is 0 Å². The molecule has 0 spiro atoms. The summed E-state index contributed by atoms with van der Waals surface area (Å²) in [7, 11) is 1.76. The van der Waals surface area contributed by atoms with Crippen LogP contribution in [0.3, 0.4) is 0 Å². The predicted octanol–water partition coefficient (Wildman–Crippen LogP) is 2.69. The molecule has 0 amide bonds. The van der Waals surface area contributed by atoms with Crippen molar-refractivity contribution in [2.75, 3.05) is 13.7 Å². The molecule has 1 aromatic carbocycles. The molecule has 0 aromatic heterocycles. The molecular weight excluding hydrogens is 228 g/mol. The SMILES string of the molecule is COC1CCCC(OCC(O)c2ccccc2)C1. The average molecular weight is 250 g/mol. The lowest BCUT2D eigenvalue weighted by molar-refractivity contribution is -0.0569. The molecule has 100 valence electrons. The Morgan fingerprint density at radius 3 is 2.67 bits per heavy atom. The Bertz CT molecular complexity index is 339. The van der Waals surface area contributed by atoms with Gasteiger partial charge in [0.2, 0.25) is 0 Å². The van der Waals surface area contributed by atoms with Gasteiger partial charge in [-0.15, -0.1) is 0 Å². The zero-order valence-corrected chi connectivity index (χ0v) is 10.9. The Labute approximate surface area is 109 Å². The van der Waals surface area contributed by atoms with Gasteiger partial charge in [0.25, 0.3) is 0 Å². The molecule has 0 heterocycles. The van der Waals surface area contributed by atoms with E-state index in [2.05, 4.69) is 0 Å². The van der Waals surface area contributed by atoms with Gasteiger partial charge in [0.05, 0.1) is 18.8 Å². The first-order valence-electron chi connectivity index (χ1n) is 6.67. The normalized spacial score (nSPS) is 25.9. The molecule has 0 bridgehead atoms. The number of rotatable bonds is 5. The summed E-state index contributed by atoms with van der Waals surface area (Å²) < 4.78 is 11.2. The van der Waals surface area contributed by atoms with Gasteiger partial charge >= 0.3 is 0 Å². The van der Waals surface area contributed by atoms with E-state index in [1.807, 2.05) is 30.3 Å². The maximum atomic E-state index is 10.0. The summed E-state index contributed by atoms with van der Waals surface area (Å²) in [6.07, 6.45) is 4.29. The molecule has 3 unspecified atom stereocenters. The third-order valence-corrected chi connectivity index (χ3v) is 3.59. The number of hydrogen-bond acceptors (Lipinski definition) is 3. The molecule has 1 N–H and O–H groups in total. The molecule has 1 fully saturated rings. The van der Waals surface area contributed by atoms with Gasteiger partial charge in [-0.2, -0.15) is 0 Å². The van der Waals surface area contributed by atoms with Crippen molar-refractivity contribution in [3.05, 3.63) is 35.9 Å². The number of hydrogen-bond donors (Lipinski definition) is 1. The minimum absolute atomic E-state index is 0.224. The molecule has 3 heteroatoms. The van der Waals surface area contributed by atoms with E-state index in [9.17, 15) is 5.11 Å². The van der Waals surface area contributed by atoms with E-state index in [0.29, 0.717) is 12.7 Å². The molecule has 3 atom stereocenters. The molecule has 1 aromatic rings. The quantitative estimate of drug-likeness (QED) is 0.873. The number of ether oxygens (including phenoxy) is 2. The lowest BCUT2D eigenvalue weighted by atomic mass is 9.95. The summed E-state index contributed by atoms with van der Waals surface area (Å²) in [5.41, 5.74) is 0.914. The zero-order valence-electron chi connectivity index (χ0n) is 10.9. The number of methoxy groups -OCH3 is 1. The van der Waals surface area contributed by atoms with E-state index in [1.54, 1.807) is 7.11 Å². The molecular formula is C15H22O3. The van der Waals surface area contributed by atoms with E-state index in [4.69, 9.17) is 9.47 Å². The number of benzene rings is 1. The maximum absolute atomic E-state index is 10.0. The van der Waals surface area contributed by atoms with Crippen LogP contribution in [0.4, 0.5) is 0 Å². The fraction of sp³-hybridized carbons (Fsp3) is 0.600. The second-order valence-corrected chi connectivity index (χ2v) is 4.91. The van der Waals surface area contributed by atoms with Gasteiger partial charge in [-0.05, 0) is 31.2 Å². The van der Waals surface area contributed by atoms with Gasteiger partial charge < -0.3 is 14.6 Å². The largest absolute Gasteiger partial charge is 0.386 e. The minimum Gasteiger partial charge on any atom is -0.386 e. The van der Waals surface area contributed by atoms with Gasteiger partial charge in [0.1, 0.15) is 6.10 Å². The number of aliphatic hydroxyl groups excluding tert-OH is 1. The standard InChI is InChI=1S/C15H22O3/c1-17-13-8-5-9-14(10-13)18-11-15(16)12-6-3-2-4-7-12/h2-4,6-7,13-16H,5,8-11H2,1H3. The van der Waals surface area contributed by atoms with E-state index < -0.39 is 6.10 Å². The minimum atomic E-state index is -0.533. The second kappa shape index (κ2) is 6.88. The molecule has 0 saturated heterocycles. The summed E-state index contributed by atoms with van der Waals surface area (Å²) in [6, 6.07) is 9.65. The first-order chi connectivity index (χ1) is 8.79. The Kier molecular flexibility index (Phi) is 5.17. The fourth-order valence-corrected chi connectivity index (χ4v) is 2.47. The van der Waals surface area contributed by atoms with Gasteiger partial charge in [0, 0.05) is 7.11 Å². The van der Waals surface area contributed by atoms with Crippen LogP contribution in [0.25, 0.3) is 0 Å². The van der Waals surface area contributed by atoms with Gasteiger partial charge in [-0.1, -0.05) is 30.3 Å². The van der Waals surface area contributed by atoms with Crippen molar-refractivity contribution in [2.45, 2.75) is 44.0 Å². The van der Waals surface area contributed by atoms with Gasteiger partial charge in [-0.25, -0.2) is 0 Å². The van der Waals surface area contributed by atoms with Crippen molar-refractivity contribution >= 4 is 0 Å². The predicted molar refractivity (Wildman–Crippen MR) is 70.4 cm³/mol. The molecule has 1 saturated carbocycles. The molecule has 18 heavy (non-hydrogen) atoms. The molecule has 0 radical (unpaired) electrons. The highest BCUT2D eigenvalue weighted by Crippen LogP contribution is 2.24. The molecule has 1 aliphatic rings. The van der Waals surface area contributed by atoms with Gasteiger partial charge in [0.15, 0.2) is 0 Å². The molecule has 0 aliphatic heterocycles. The lowest BCUT2D eigenvalue weighted by Crippen LogP contribution is -2.28. The molecule has 1 aliphatic carbocycles. The third kappa shape index (κ3) is 3.80. The van der Waals surface area contributed by atoms with Gasteiger partial charge in [-0.3, -0.25) is 0 Å². The van der Waals surface area contributed by atoms with E-state index in [-0.39, 0.29) is 6.10 Å². The monoisotopic (exact) mass is 250 g/mol. The Morgan fingerprint density at radius 1 is 1.22 bits per heavy atom. The summed E-state index contributed by atoms with van der Waals surface area (Å²) in [6.45, 7) is 0.366. The van der Waals surface area contributed by atoms with E-state index in [0.717, 1.165) is 31.2 Å². The van der Waals surface area contributed by atoms with E-state index in [1.165, 1.54) is 0 Å². The van der Waals surface area contributed by atoms with Crippen LogP contribution in [0.1, 0.15) is 37.4 Å². The van der Waals surface area contributed by atoms with Crippen LogP contribution in [-0.2, 0) is 9.47 Å². The first kappa shape index (κ1) is 13.5. The van der Waals surface area contributed by atoms with Crippen molar-refractivity contribution in [2.24, 2.45) is 0 Å². The Morgan fingerprint density at radius 2 is 1.94 bits per heavy atom. The van der Waals surface area contributed by atoms with Crippen LogP contribution in [0.2, 0.25) is 0 Å². The van der Waals surface area contributed by atoms with Crippen LogP contribution in [0, 0.1) is 0 Å². The van der Waals surface area contributed by atoms with Crippen LogP contribution in [0.5, 0.6) is 0 Å². The summed E-state index contributed by atoms with van der Waals surface area (Å²) in [5, 5.41) is 10.0. The lowest BCUT2D eigenvalue weighted by Gasteiger charge is -2.28. The smallest absolute Gasteiger partial charge is 0.102 e. The zero-order chi connectivity index (χ0) is 12.8. The molecule has 3 nitrogen and oxygen atoms in total. The average Bonchev–Trinajstić information content (AvgIpc) is 2.46. The second-order valence-electron chi connectivity index (χ2n) is 4.91. The highest BCUT2D eigenvalue weighted by atomic mass is 16.5. The Balaban J connectivity index is 1.77. The first-order valence-corrected chi connectivity index (χ1v) is 6.67. The van der Waals surface area contributed by atoms with Crippen LogP contribution >= 0.6 is 0 Å². The van der Waals surface area contributed by atoms with Crippen LogP contribution in [0.15, 0.2) is 30.3 Å². The van der Waals surface area contributed by atoms with Crippen molar-refractivity contribution in [1.29, 1.82) is 0 Å². The van der Waals surface area contributed by atoms with Crippen LogP contribution < -0.4 is 0 Å². The van der Waals surface area contributed by atoms with Crippen molar-refractivity contribution in [1.82, 2.24) is 0 Å².